The summed E-state index contributed by atoms with van der Waals surface area (Å²) in [4.78, 5) is 27.7. The minimum absolute atomic E-state index is 0.00991. The number of rotatable bonds is 5. The van der Waals surface area contributed by atoms with Gasteiger partial charge in [-0.3, -0.25) is 20.2 Å². The van der Waals surface area contributed by atoms with Gasteiger partial charge in [-0.25, -0.2) is 4.98 Å². The highest BCUT2D eigenvalue weighted by Crippen LogP contribution is 2.28. The number of nitrogens with one attached hydrogen (secondary N) is 2. The number of non-ortho nitro benzene ring substituents is 1. The second kappa shape index (κ2) is 9.67. The average molecular weight is 513 g/mol. The first-order valence-electron chi connectivity index (χ1n) is 11.2. The summed E-state index contributed by atoms with van der Waals surface area (Å²) in [6.45, 7) is 4.04. The quantitative estimate of drug-likeness (QED) is 0.157. The van der Waals surface area contributed by atoms with Gasteiger partial charge in [-0.1, -0.05) is 29.3 Å². The number of benzene rings is 3. The molecule has 37 heavy (non-hydrogen) atoms. The number of nitro benzene ring substituents is 1. The molecule has 0 atom stereocenters. The molecule has 5 aromatic rings. The van der Waals surface area contributed by atoms with Crippen LogP contribution < -0.4 is 10.6 Å². The normalized spacial score (nSPS) is 10.9. The summed E-state index contributed by atoms with van der Waals surface area (Å²) in [6.07, 6.45) is 0. The van der Waals surface area contributed by atoms with Crippen molar-refractivity contribution in [2.75, 3.05) is 5.32 Å². The third-order valence-corrected chi connectivity index (χ3v) is 5.72. The Morgan fingerprint density at radius 3 is 2.49 bits per heavy atom. The summed E-state index contributed by atoms with van der Waals surface area (Å²) in [5, 5.41) is 16.6. The number of aryl methyl sites for hydroxylation is 2. The molecule has 3 aromatic carbocycles. The van der Waals surface area contributed by atoms with Gasteiger partial charge < -0.3 is 14.2 Å². The number of furan rings is 1. The van der Waals surface area contributed by atoms with Gasteiger partial charge in [0.05, 0.1) is 4.92 Å². The van der Waals surface area contributed by atoms with Crippen molar-refractivity contribution in [3.8, 4) is 22.8 Å². The van der Waals surface area contributed by atoms with E-state index in [9.17, 15) is 14.9 Å². The molecule has 0 spiro atoms. The van der Waals surface area contributed by atoms with Crippen LogP contribution in [0.1, 0.15) is 21.7 Å². The SMILES string of the molecule is Cc1cc(C)cc(-c2nc3cc(NC(=S)NC(=O)c4ccc(-c5cccc([N+](=O)[O-])c5)o4)ccc3o2)c1. The fourth-order valence-corrected chi connectivity index (χ4v) is 4.15. The number of carbonyl (C=O) groups excluding carboxylic acids is 1. The fourth-order valence-electron chi connectivity index (χ4n) is 3.94. The fraction of sp³-hybridized carbons (Fsp3) is 0.0741. The van der Waals surface area contributed by atoms with Gasteiger partial charge >= 0.3 is 0 Å². The second-order valence-electron chi connectivity index (χ2n) is 8.46. The Hall–Kier alpha value is -4.83. The summed E-state index contributed by atoms with van der Waals surface area (Å²) in [5.74, 6) is 0.292. The number of thiocarbonyl (C=S) groups is 1. The van der Waals surface area contributed by atoms with Gasteiger partial charge in [0.15, 0.2) is 16.5 Å². The number of hydrogen-bond donors (Lipinski definition) is 2. The molecule has 0 aliphatic carbocycles. The van der Waals surface area contributed by atoms with Crippen molar-refractivity contribution < 1.29 is 18.6 Å². The standard InChI is InChI=1S/C27H20N4O5S/c1-15-10-16(2)12-18(11-15)26-29-21-14-19(6-7-23(21)36-26)28-27(37)30-25(32)24-9-8-22(35-24)17-4-3-5-20(13-17)31(33)34/h3-14H,1-2H3,(H2,28,30,32,37). The monoisotopic (exact) mass is 512 g/mol. The van der Waals surface area contributed by atoms with Gasteiger partial charge in [0.1, 0.15) is 11.3 Å². The molecule has 5 rings (SSSR count). The van der Waals surface area contributed by atoms with Crippen molar-refractivity contribution in [2.45, 2.75) is 13.8 Å². The van der Waals surface area contributed by atoms with Crippen LogP contribution in [0.3, 0.4) is 0 Å². The largest absolute Gasteiger partial charge is 0.451 e. The lowest BCUT2D eigenvalue weighted by Crippen LogP contribution is -2.33. The lowest BCUT2D eigenvalue weighted by Gasteiger charge is -2.08. The zero-order valence-electron chi connectivity index (χ0n) is 19.8. The van der Waals surface area contributed by atoms with E-state index in [0.717, 1.165) is 16.7 Å². The maximum atomic E-state index is 12.6. The van der Waals surface area contributed by atoms with Crippen molar-refractivity contribution in [3.05, 3.63) is 99.8 Å². The van der Waals surface area contributed by atoms with E-state index in [2.05, 4.69) is 21.7 Å². The van der Waals surface area contributed by atoms with E-state index < -0.39 is 10.8 Å². The minimum atomic E-state index is -0.561. The molecule has 2 heterocycles. The highest BCUT2D eigenvalue weighted by atomic mass is 32.1. The van der Waals surface area contributed by atoms with Crippen LogP contribution in [0.25, 0.3) is 33.9 Å². The van der Waals surface area contributed by atoms with Crippen molar-refractivity contribution in [3.63, 3.8) is 0 Å². The molecule has 0 fully saturated rings. The minimum Gasteiger partial charge on any atom is -0.451 e. The predicted octanol–water partition coefficient (Wildman–Crippen LogP) is 6.41. The molecule has 9 nitrogen and oxygen atoms in total. The van der Waals surface area contributed by atoms with Crippen LogP contribution >= 0.6 is 12.2 Å². The number of fused-ring (bicyclic) bond motifs is 1. The number of nitrogens with zero attached hydrogens (tertiary/aromatic N) is 2. The molecule has 10 heteroatoms. The Kier molecular flexibility index (Phi) is 6.24. The summed E-state index contributed by atoms with van der Waals surface area (Å²) in [5.41, 5.74) is 5.43. The van der Waals surface area contributed by atoms with E-state index in [-0.39, 0.29) is 16.6 Å². The summed E-state index contributed by atoms with van der Waals surface area (Å²) in [6, 6.07) is 20.4. The number of carbonyl (C=O) groups is 1. The van der Waals surface area contributed by atoms with E-state index in [1.165, 1.54) is 18.2 Å². The molecule has 1 amide bonds. The number of nitro groups is 1. The zero-order chi connectivity index (χ0) is 26.1. The van der Waals surface area contributed by atoms with Crippen LogP contribution in [0.2, 0.25) is 0 Å². The Morgan fingerprint density at radius 2 is 1.73 bits per heavy atom. The van der Waals surface area contributed by atoms with E-state index in [1.54, 1.807) is 36.4 Å². The van der Waals surface area contributed by atoms with Crippen LogP contribution in [0.15, 0.2) is 81.6 Å². The molecule has 0 aliphatic rings. The first-order valence-corrected chi connectivity index (χ1v) is 11.6. The summed E-state index contributed by atoms with van der Waals surface area (Å²) >= 11 is 5.29. The van der Waals surface area contributed by atoms with Crippen LogP contribution in [-0.2, 0) is 0 Å². The second-order valence-corrected chi connectivity index (χ2v) is 8.87. The van der Waals surface area contributed by atoms with Crippen LogP contribution in [0.5, 0.6) is 0 Å². The molecule has 184 valence electrons. The van der Waals surface area contributed by atoms with E-state index in [0.29, 0.717) is 34.0 Å². The van der Waals surface area contributed by atoms with Gasteiger partial charge in [-0.15, -0.1) is 0 Å². The number of anilines is 1. The van der Waals surface area contributed by atoms with Crippen molar-refractivity contribution >= 4 is 45.7 Å². The smallest absolute Gasteiger partial charge is 0.293 e. The average Bonchev–Trinajstić information content (AvgIpc) is 3.51. The van der Waals surface area contributed by atoms with Crippen LogP contribution in [0, 0.1) is 24.0 Å². The Balaban J connectivity index is 1.27. The lowest BCUT2D eigenvalue weighted by atomic mass is 10.1. The zero-order valence-corrected chi connectivity index (χ0v) is 20.6. The number of amides is 1. The molecule has 0 unspecified atom stereocenters. The molecule has 2 N–H and O–H groups in total. The number of hydrogen-bond acceptors (Lipinski definition) is 7. The molecule has 2 aromatic heterocycles. The third-order valence-electron chi connectivity index (χ3n) is 5.51. The van der Waals surface area contributed by atoms with E-state index in [1.807, 2.05) is 26.0 Å². The maximum Gasteiger partial charge on any atom is 0.293 e. The Bertz CT molecular complexity index is 1670. The van der Waals surface area contributed by atoms with Crippen LogP contribution in [-0.4, -0.2) is 20.9 Å². The topological polar surface area (TPSA) is 123 Å². The molecular weight excluding hydrogens is 492 g/mol. The van der Waals surface area contributed by atoms with Gasteiger partial charge in [0, 0.05) is 28.9 Å². The first-order chi connectivity index (χ1) is 17.7. The highest BCUT2D eigenvalue weighted by molar-refractivity contribution is 7.80. The van der Waals surface area contributed by atoms with Crippen molar-refractivity contribution in [1.29, 1.82) is 0 Å². The number of oxazole rings is 1. The van der Waals surface area contributed by atoms with E-state index in [4.69, 9.17) is 21.1 Å². The summed E-state index contributed by atoms with van der Waals surface area (Å²) in [7, 11) is 0. The highest BCUT2D eigenvalue weighted by Gasteiger charge is 2.16. The van der Waals surface area contributed by atoms with Gasteiger partial charge in [-0.05, 0) is 68.5 Å². The van der Waals surface area contributed by atoms with Gasteiger partial charge in [-0.2, -0.15) is 0 Å². The van der Waals surface area contributed by atoms with Crippen LogP contribution in [0.4, 0.5) is 11.4 Å². The maximum absolute atomic E-state index is 12.6. The number of aromatic nitrogens is 1. The first kappa shape index (κ1) is 23.9. The van der Waals surface area contributed by atoms with Gasteiger partial charge in [0.2, 0.25) is 5.89 Å². The van der Waals surface area contributed by atoms with Crippen molar-refractivity contribution in [1.82, 2.24) is 10.3 Å². The molecular formula is C27H20N4O5S. The Labute approximate surface area is 216 Å². The lowest BCUT2D eigenvalue weighted by molar-refractivity contribution is -0.384. The molecule has 0 aliphatic heterocycles. The Morgan fingerprint density at radius 1 is 0.946 bits per heavy atom. The van der Waals surface area contributed by atoms with E-state index >= 15 is 0 Å². The molecule has 0 saturated carbocycles. The molecule has 0 radical (unpaired) electrons. The molecule has 0 saturated heterocycles. The predicted molar refractivity (Wildman–Crippen MR) is 143 cm³/mol. The third kappa shape index (κ3) is 5.24. The molecule has 0 bridgehead atoms. The summed E-state index contributed by atoms with van der Waals surface area (Å²) < 4.78 is 11.5. The van der Waals surface area contributed by atoms with Crippen molar-refractivity contribution in [2.24, 2.45) is 0 Å². The van der Waals surface area contributed by atoms with Gasteiger partial charge in [0.25, 0.3) is 11.6 Å².